The summed E-state index contributed by atoms with van der Waals surface area (Å²) in [5, 5.41) is 36.2. The van der Waals surface area contributed by atoms with Gasteiger partial charge in [0.1, 0.15) is 29.6 Å². The summed E-state index contributed by atoms with van der Waals surface area (Å²) in [4.78, 5) is 38.8. The Morgan fingerprint density at radius 2 is 1.71 bits per heavy atom. The highest BCUT2D eigenvalue weighted by molar-refractivity contribution is 5.93. The van der Waals surface area contributed by atoms with Crippen molar-refractivity contribution >= 4 is 28.7 Å². The van der Waals surface area contributed by atoms with Crippen LogP contribution in [-0.2, 0) is 27.2 Å². The summed E-state index contributed by atoms with van der Waals surface area (Å²) in [6.07, 6.45) is 1.72. The monoisotopic (exact) mass is 514 g/mol. The maximum absolute atomic E-state index is 13.4. The number of carboxylic acid groups (broad SMARTS) is 1. The first-order chi connectivity index (χ1) is 18.2. The van der Waals surface area contributed by atoms with Crippen molar-refractivity contribution < 1.29 is 29.7 Å². The average molecular weight is 515 g/mol. The number of carbonyl (C=O) groups excluding carboxylic acids is 2. The molecule has 4 bridgehead atoms. The predicted octanol–water partition coefficient (Wildman–Crippen LogP) is 1.89. The molecular weight excluding hydrogens is 488 g/mol. The van der Waals surface area contributed by atoms with Crippen molar-refractivity contribution in [2.45, 2.75) is 31.0 Å². The number of phenolic OH excluding ortho intramolecular Hbond substituents is 2. The lowest BCUT2D eigenvalue weighted by molar-refractivity contribution is -0.142. The molecule has 1 aromatic heterocycles. The van der Waals surface area contributed by atoms with Crippen molar-refractivity contribution in [2.24, 2.45) is 5.73 Å². The van der Waals surface area contributed by atoms with Gasteiger partial charge in [0.25, 0.3) is 0 Å². The summed E-state index contributed by atoms with van der Waals surface area (Å²) in [5.74, 6) is -2.57. The lowest BCUT2D eigenvalue weighted by Crippen LogP contribution is -2.54. The number of para-hydroxylation sites is 1. The number of nitrogens with zero attached hydrogens (tertiary/aromatic N) is 1. The zero-order chi connectivity index (χ0) is 27.0. The number of rotatable bonds is 3. The van der Waals surface area contributed by atoms with Crippen LogP contribution >= 0.6 is 0 Å². The van der Waals surface area contributed by atoms with E-state index in [2.05, 4.69) is 10.6 Å². The molecule has 0 radical (unpaired) electrons. The van der Waals surface area contributed by atoms with Crippen LogP contribution in [0, 0.1) is 0 Å². The van der Waals surface area contributed by atoms with Gasteiger partial charge in [0.2, 0.25) is 11.8 Å². The van der Waals surface area contributed by atoms with Gasteiger partial charge in [-0.15, -0.1) is 0 Å². The van der Waals surface area contributed by atoms with E-state index >= 15 is 0 Å². The number of aromatic nitrogens is 1. The molecule has 4 aromatic rings. The Labute approximate surface area is 217 Å². The third-order valence-electron chi connectivity index (χ3n) is 6.74. The first kappa shape index (κ1) is 24.8. The van der Waals surface area contributed by atoms with Gasteiger partial charge in [-0.2, -0.15) is 0 Å². The molecule has 5 rings (SSSR count). The summed E-state index contributed by atoms with van der Waals surface area (Å²) in [6.45, 7) is 0. The Kier molecular flexibility index (Phi) is 6.48. The highest BCUT2D eigenvalue weighted by Crippen LogP contribution is 2.32. The lowest BCUT2D eigenvalue weighted by atomic mass is 10.0. The second kappa shape index (κ2) is 9.91. The van der Waals surface area contributed by atoms with E-state index in [-0.39, 0.29) is 24.3 Å². The van der Waals surface area contributed by atoms with E-state index < -0.39 is 35.9 Å². The van der Waals surface area contributed by atoms with E-state index in [4.69, 9.17) is 5.73 Å². The minimum absolute atomic E-state index is 0.0333. The number of carbonyl (C=O) groups is 3. The number of amides is 2. The summed E-state index contributed by atoms with van der Waals surface area (Å²) in [7, 11) is 0. The number of fused-ring (bicyclic) bond motifs is 8. The largest absolute Gasteiger partial charge is 0.508 e. The third kappa shape index (κ3) is 4.76. The average Bonchev–Trinajstić information content (AvgIpc) is 3.26. The fourth-order valence-corrected chi connectivity index (χ4v) is 4.72. The molecule has 0 saturated heterocycles. The molecule has 3 atom stereocenters. The highest BCUT2D eigenvalue weighted by Gasteiger charge is 2.30. The number of nitrogens with one attached hydrogen (secondary N) is 2. The molecule has 3 aromatic carbocycles. The SMILES string of the molecule is N[C@@H]1C(=O)N[C@@H](Cc2ccc(O)cc2)C(=O)N[C@H](C(=O)O)Cc2cn(c3ccccc23)-c2cc1ccc2O. The second-order valence-corrected chi connectivity index (χ2v) is 9.30. The molecule has 0 unspecified atom stereocenters. The molecule has 2 amide bonds. The fourth-order valence-electron chi connectivity index (χ4n) is 4.72. The third-order valence-corrected chi connectivity index (χ3v) is 6.74. The smallest absolute Gasteiger partial charge is 0.326 e. The van der Waals surface area contributed by atoms with E-state index in [1.165, 1.54) is 24.3 Å². The van der Waals surface area contributed by atoms with Gasteiger partial charge in [0, 0.05) is 24.4 Å². The Hall–Kier alpha value is -4.83. The van der Waals surface area contributed by atoms with Gasteiger partial charge in [-0.1, -0.05) is 36.4 Å². The number of phenols is 2. The molecule has 10 heteroatoms. The van der Waals surface area contributed by atoms with Crippen LogP contribution in [0.15, 0.2) is 72.9 Å². The number of carboxylic acids is 1. The minimum atomic E-state index is -1.29. The summed E-state index contributed by atoms with van der Waals surface area (Å²) in [5.41, 5.74) is 9.08. The van der Waals surface area contributed by atoms with Crippen molar-refractivity contribution in [1.82, 2.24) is 15.2 Å². The molecule has 2 heterocycles. The Bertz CT molecular complexity index is 1540. The van der Waals surface area contributed by atoms with Crippen LogP contribution in [0.1, 0.15) is 22.7 Å². The molecule has 1 aliphatic rings. The van der Waals surface area contributed by atoms with E-state index in [0.29, 0.717) is 27.9 Å². The predicted molar refractivity (Wildman–Crippen MR) is 139 cm³/mol. The van der Waals surface area contributed by atoms with Crippen LogP contribution in [0.3, 0.4) is 0 Å². The van der Waals surface area contributed by atoms with E-state index in [0.717, 1.165) is 5.39 Å². The van der Waals surface area contributed by atoms with Crippen molar-refractivity contribution in [3.8, 4) is 17.2 Å². The highest BCUT2D eigenvalue weighted by atomic mass is 16.4. The van der Waals surface area contributed by atoms with Crippen molar-refractivity contribution in [1.29, 1.82) is 0 Å². The number of hydrogen-bond donors (Lipinski definition) is 6. The number of benzene rings is 3. The number of aliphatic carboxylic acids is 1. The number of nitrogens with two attached hydrogens (primary N) is 1. The zero-order valence-corrected chi connectivity index (χ0v) is 20.2. The van der Waals surface area contributed by atoms with Crippen LogP contribution in [0.5, 0.6) is 11.5 Å². The molecule has 0 saturated carbocycles. The zero-order valence-electron chi connectivity index (χ0n) is 20.2. The number of aromatic hydroxyl groups is 2. The van der Waals surface area contributed by atoms with E-state index in [1.54, 1.807) is 29.0 Å². The standard InChI is InChI=1S/C28H26N4O6/c29-25-16-7-10-24(34)23(13-16)32-14-17(19-3-1-2-4-22(19)32)12-21(28(37)38)31-26(35)20(30-27(25)36)11-15-5-8-18(33)9-6-15/h1-10,13-14,20-21,25,33-34H,11-12,29H2,(H,30,36)(H,31,35)(H,37,38)/t20-,21-,25-/m0/s1. The molecular formula is C28H26N4O6. The van der Waals surface area contributed by atoms with E-state index in [9.17, 15) is 29.7 Å². The van der Waals surface area contributed by atoms with Gasteiger partial charge in [-0.3, -0.25) is 9.59 Å². The van der Waals surface area contributed by atoms with Gasteiger partial charge in [-0.25, -0.2) is 4.79 Å². The van der Waals surface area contributed by atoms with Gasteiger partial charge in [-0.05, 0) is 47.0 Å². The van der Waals surface area contributed by atoms with Crippen LogP contribution in [0.2, 0.25) is 0 Å². The first-order valence-corrected chi connectivity index (χ1v) is 12.0. The van der Waals surface area contributed by atoms with Crippen LogP contribution in [0.4, 0.5) is 0 Å². The van der Waals surface area contributed by atoms with Gasteiger partial charge in [0.15, 0.2) is 0 Å². The normalized spacial score (nSPS) is 19.9. The quantitative estimate of drug-likeness (QED) is 0.243. The topological polar surface area (TPSA) is 167 Å². The summed E-state index contributed by atoms with van der Waals surface area (Å²) in [6, 6.07) is 14.4. The summed E-state index contributed by atoms with van der Waals surface area (Å²) < 4.78 is 1.72. The van der Waals surface area contributed by atoms with Crippen molar-refractivity contribution in [3.05, 3.63) is 89.6 Å². The van der Waals surface area contributed by atoms with Gasteiger partial charge in [0.05, 0.1) is 11.2 Å². The molecule has 0 aliphatic carbocycles. The van der Waals surface area contributed by atoms with Crippen molar-refractivity contribution in [3.63, 3.8) is 0 Å². The Morgan fingerprint density at radius 3 is 2.45 bits per heavy atom. The van der Waals surface area contributed by atoms with Gasteiger partial charge < -0.3 is 36.3 Å². The van der Waals surface area contributed by atoms with Crippen LogP contribution in [-0.4, -0.2) is 49.8 Å². The van der Waals surface area contributed by atoms with Crippen LogP contribution in [0.25, 0.3) is 16.6 Å². The second-order valence-electron chi connectivity index (χ2n) is 9.30. The lowest BCUT2D eigenvalue weighted by Gasteiger charge is -2.24. The minimum Gasteiger partial charge on any atom is -0.508 e. The molecule has 38 heavy (non-hydrogen) atoms. The van der Waals surface area contributed by atoms with Crippen LogP contribution < -0.4 is 16.4 Å². The molecule has 0 spiro atoms. The molecule has 194 valence electrons. The maximum atomic E-state index is 13.4. The molecule has 10 nitrogen and oxygen atoms in total. The Balaban J connectivity index is 1.63. The molecule has 1 aliphatic heterocycles. The molecule has 0 fully saturated rings. The Morgan fingerprint density at radius 1 is 0.974 bits per heavy atom. The van der Waals surface area contributed by atoms with Crippen molar-refractivity contribution in [2.75, 3.05) is 0 Å². The van der Waals surface area contributed by atoms with Gasteiger partial charge >= 0.3 is 5.97 Å². The summed E-state index contributed by atoms with van der Waals surface area (Å²) >= 11 is 0. The first-order valence-electron chi connectivity index (χ1n) is 12.0. The maximum Gasteiger partial charge on any atom is 0.326 e. The van der Waals surface area contributed by atoms with E-state index in [1.807, 2.05) is 24.3 Å². The molecule has 7 N–H and O–H groups in total. The fraction of sp³-hybridized carbons (Fsp3) is 0.179. The number of hydrogen-bond acceptors (Lipinski definition) is 6.